The van der Waals surface area contributed by atoms with Gasteiger partial charge in [0, 0.05) is 38.4 Å². The van der Waals surface area contributed by atoms with Crippen molar-refractivity contribution in [3.05, 3.63) is 58.6 Å². The summed E-state index contributed by atoms with van der Waals surface area (Å²) in [6, 6.07) is 10.2. The van der Waals surface area contributed by atoms with Crippen LogP contribution in [-0.2, 0) is 0 Å². The van der Waals surface area contributed by atoms with Crippen LogP contribution in [0, 0.1) is 0 Å². The van der Waals surface area contributed by atoms with Crippen molar-refractivity contribution in [2.24, 2.45) is 0 Å². The highest BCUT2D eigenvalue weighted by molar-refractivity contribution is 5.93. The molecule has 3 aromatic heterocycles. The second-order valence-electron chi connectivity index (χ2n) is 6.42. The van der Waals surface area contributed by atoms with Gasteiger partial charge in [0.2, 0.25) is 0 Å². The van der Waals surface area contributed by atoms with E-state index in [1.165, 1.54) is 10.7 Å². The van der Waals surface area contributed by atoms with Crippen LogP contribution in [0.1, 0.15) is 10.5 Å². The van der Waals surface area contributed by atoms with Crippen LogP contribution in [0.4, 0.5) is 0 Å². The molecule has 0 saturated carbocycles. The predicted octanol–water partition coefficient (Wildman–Crippen LogP) is 0.405. The number of carbonyl (C=O) groups excluding carboxylic acids is 1. The summed E-state index contributed by atoms with van der Waals surface area (Å²) in [5, 5.41) is 10.9. The molecular formula is C18H19N7O2. The number of likely N-dealkylation sites (N-methyl/N-ethyl adjacent to an activating group) is 1. The molecule has 1 fully saturated rings. The van der Waals surface area contributed by atoms with Gasteiger partial charge in [-0.3, -0.25) is 14.6 Å². The summed E-state index contributed by atoms with van der Waals surface area (Å²) in [4.78, 5) is 32.6. The maximum atomic E-state index is 12.9. The van der Waals surface area contributed by atoms with Gasteiger partial charge in [0.15, 0.2) is 11.5 Å². The van der Waals surface area contributed by atoms with E-state index < -0.39 is 0 Å². The molecule has 3 aromatic rings. The van der Waals surface area contributed by atoms with Crippen LogP contribution >= 0.6 is 0 Å². The van der Waals surface area contributed by atoms with Gasteiger partial charge in [-0.25, -0.2) is 9.78 Å². The van der Waals surface area contributed by atoms with Crippen molar-refractivity contribution >= 4 is 5.91 Å². The zero-order chi connectivity index (χ0) is 18.8. The van der Waals surface area contributed by atoms with Crippen LogP contribution in [0.25, 0.3) is 17.2 Å². The molecule has 0 aliphatic carbocycles. The summed E-state index contributed by atoms with van der Waals surface area (Å²) in [5.74, 6) is 0.288. The molecule has 4 rings (SSSR count). The van der Waals surface area contributed by atoms with Crippen LogP contribution in [0.3, 0.4) is 0 Å². The lowest BCUT2D eigenvalue weighted by Crippen LogP contribution is -2.47. The van der Waals surface area contributed by atoms with Gasteiger partial charge >= 0.3 is 0 Å². The summed E-state index contributed by atoms with van der Waals surface area (Å²) in [6.45, 7) is 3.00. The monoisotopic (exact) mass is 365 g/mol. The second-order valence-corrected chi connectivity index (χ2v) is 6.42. The van der Waals surface area contributed by atoms with E-state index in [0.717, 1.165) is 13.1 Å². The lowest BCUT2D eigenvalue weighted by atomic mass is 10.2. The Balaban J connectivity index is 1.74. The Kier molecular flexibility index (Phi) is 4.51. The van der Waals surface area contributed by atoms with Gasteiger partial charge in [-0.2, -0.15) is 10.2 Å². The van der Waals surface area contributed by atoms with E-state index in [9.17, 15) is 9.59 Å². The lowest BCUT2D eigenvalue weighted by molar-refractivity contribution is 0.0657. The van der Waals surface area contributed by atoms with Crippen molar-refractivity contribution in [3.63, 3.8) is 0 Å². The van der Waals surface area contributed by atoms with Gasteiger partial charge < -0.3 is 9.80 Å². The van der Waals surface area contributed by atoms with Gasteiger partial charge in [-0.1, -0.05) is 6.07 Å². The number of carbonyl (C=O) groups is 1. The number of piperazine rings is 1. The smallest absolute Gasteiger partial charge is 0.274 e. The minimum absolute atomic E-state index is 0.122. The number of pyridine rings is 1. The Bertz CT molecular complexity index is 984. The van der Waals surface area contributed by atoms with Crippen molar-refractivity contribution in [1.29, 1.82) is 0 Å². The summed E-state index contributed by atoms with van der Waals surface area (Å²) >= 11 is 0. The molecule has 0 spiro atoms. The van der Waals surface area contributed by atoms with E-state index in [0.29, 0.717) is 36.0 Å². The van der Waals surface area contributed by atoms with Crippen molar-refractivity contribution in [2.75, 3.05) is 33.2 Å². The molecule has 0 atom stereocenters. The fourth-order valence-corrected chi connectivity index (χ4v) is 2.98. The van der Waals surface area contributed by atoms with Crippen LogP contribution in [0.2, 0.25) is 0 Å². The van der Waals surface area contributed by atoms with E-state index in [4.69, 9.17) is 0 Å². The van der Waals surface area contributed by atoms with Crippen LogP contribution < -0.4 is 5.56 Å². The third-order valence-corrected chi connectivity index (χ3v) is 4.53. The summed E-state index contributed by atoms with van der Waals surface area (Å²) in [5.41, 5.74) is 1.32. The van der Waals surface area contributed by atoms with E-state index in [1.54, 1.807) is 23.2 Å². The molecule has 1 amide bonds. The number of H-pyrrole nitrogens is 1. The number of hydrogen-bond acceptors (Lipinski definition) is 6. The highest BCUT2D eigenvalue weighted by atomic mass is 16.2. The molecule has 0 radical (unpaired) electrons. The highest BCUT2D eigenvalue weighted by Crippen LogP contribution is 2.22. The Morgan fingerprint density at radius 3 is 2.59 bits per heavy atom. The molecule has 0 unspecified atom stereocenters. The topological polar surface area (TPSA) is 100 Å². The molecule has 0 bridgehead atoms. The Morgan fingerprint density at radius 1 is 1.11 bits per heavy atom. The third kappa shape index (κ3) is 3.49. The number of hydrogen-bond donors (Lipinski definition) is 1. The molecule has 1 saturated heterocycles. The normalized spacial score (nSPS) is 15.1. The van der Waals surface area contributed by atoms with Gasteiger partial charge in [-0.15, -0.1) is 0 Å². The zero-order valence-corrected chi connectivity index (χ0v) is 14.9. The number of nitrogens with one attached hydrogen (secondary N) is 1. The molecular weight excluding hydrogens is 346 g/mol. The molecule has 4 heterocycles. The van der Waals surface area contributed by atoms with Crippen molar-refractivity contribution in [2.45, 2.75) is 0 Å². The molecule has 9 nitrogen and oxygen atoms in total. The van der Waals surface area contributed by atoms with E-state index in [1.807, 2.05) is 25.2 Å². The standard InChI is InChI=1S/C18H19N7O2/c1-23-8-10-24(11-9-23)18(27)14-12-15(13-4-2-3-7-19-13)25(22-14)16-5-6-17(26)21-20-16/h2-7,12H,8-11H2,1H3,(H,21,26). The first kappa shape index (κ1) is 17.1. The molecule has 138 valence electrons. The number of rotatable bonds is 3. The Hall–Kier alpha value is -3.33. The maximum absolute atomic E-state index is 12.9. The fourth-order valence-electron chi connectivity index (χ4n) is 2.98. The summed E-state index contributed by atoms with van der Waals surface area (Å²) < 4.78 is 1.53. The van der Waals surface area contributed by atoms with Gasteiger partial charge in [0.25, 0.3) is 11.5 Å². The quantitative estimate of drug-likeness (QED) is 0.721. The van der Waals surface area contributed by atoms with Crippen LogP contribution in [-0.4, -0.2) is 73.9 Å². The summed E-state index contributed by atoms with van der Waals surface area (Å²) in [7, 11) is 2.04. The molecule has 1 N–H and O–H groups in total. The van der Waals surface area contributed by atoms with Gasteiger partial charge in [0.05, 0.1) is 11.4 Å². The fraction of sp³-hybridized carbons (Fsp3) is 0.278. The first-order chi connectivity index (χ1) is 13.1. The maximum Gasteiger partial charge on any atom is 0.274 e. The van der Waals surface area contributed by atoms with Crippen molar-refractivity contribution < 1.29 is 4.79 Å². The average Bonchev–Trinajstić information content (AvgIpc) is 3.15. The molecule has 1 aliphatic heterocycles. The predicted molar refractivity (Wildman–Crippen MR) is 98.6 cm³/mol. The number of aromatic nitrogens is 5. The third-order valence-electron chi connectivity index (χ3n) is 4.53. The SMILES string of the molecule is CN1CCN(C(=O)c2cc(-c3ccccn3)n(-c3ccc(=O)[nH]n3)n2)CC1. The Labute approximate surface area is 155 Å². The lowest BCUT2D eigenvalue weighted by Gasteiger charge is -2.31. The summed E-state index contributed by atoms with van der Waals surface area (Å²) in [6.07, 6.45) is 1.68. The number of aromatic amines is 1. The van der Waals surface area contributed by atoms with Crippen molar-refractivity contribution in [1.82, 2.24) is 34.8 Å². The van der Waals surface area contributed by atoms with Crippen molar-refractivity contribution in [3.8, 4) is 17.2 Å². The van der Waals surface area contributed by atoms with Gasteiger partial charge in [-0.05, 0) is 31.3 Å². The van der Waals surface area contributed by atoms with Crippen LogP contribution in [0.15, 0.2) is 47.4 Å². The Morgan fingerprint density at radius 2 is 1.93 bits per heavy atom. The molecule has 0 aromatic carbocycles. The van der Waals surface area contributed by atoms with Crippen LogP contribution in [0.5, 0.6) is 0 Å². The first-order valence-electron chi connectivity index (χ1n) is 8.67. The largest absolute Gasteiger partial charge is 0.335 e. The van der Waals surface area contributed by atoms with Gasteiger partial charge in [0.1, 0.15) is 0 Å². The molecule has 9 heteroatoms. The van der Waals surface area contributed by atoms with E-state index in [-0.39, 0.29) is 11.5 Å². The number of nitrogens with zero attached hydrogens (tertiary/aromatic N) is 6. The van der Waals surface area contributed by atoms with E-state index >= 15 is 0 Å². The molecule has 27 heavy (non-hydrogen) atoms. The second kappa shape index (κ2) is 7.12. The van der Waals surface area contributed by atoms with E-state index in [2.05, 4.69) is 25.2 Å². The average molecular weight is 365 g/mol. The minimum atomic E-state index is -0.306. The molecule has 1 aliphatic rings. The number of amides is 1. The highest BCUT2D eigenvalue weighted by Gasteiger charge is 2.24. The first-order valence-corrected chi connectivity index (χ1v) is 8.67. The minimum Gasteiger partial charge on any atom is -0.335 e. The zero-order valence-electron chi connectivity index (χ0n) is 14.9.